The molecule has 0 N–H and O–H groups in total. The van der Waals surface area contributed by atoms with Gasteiger partial charge in [0.2, 0.25) is 5.89 Å². The van der Waals surface area contributed by atoms with Gasteiger partial charge in [-0.1, -0.05) is 5.16 Å². The van der Waals surface area contributed by atoms with E-state index in [1.54, 1.807) is 0 Å². The van der Waals surface area contributed by atoms with Crippen molar-refractivity contribution in [1.29, 1.82) is 0 Å². The third kappa shape index (κ3) is 2.75. The molecule has 2 aliphatic rings. The number of nitrogens with zero attached hydrogens (tertiary/aromatic N) is 5. The highest BCUT2D eigenvalue weighted by atomic mass is 79.9. The average molecular weight is 354 g/mol. The Hall–Kier alpha value is -1.25. The maximum Gasteiger partial charge on any atom is 0.232 e. The van der Waals surface area contributed by atoms with Crippen LogP contribution >= 0.6 is 15.9 Å². The molecule has 1 unspecified atom stereocenters. The molecule has 4 rings (SSSR count). The molecule has 2 aromatic heterocycles. The second-order valence-corrected chi connectivity index (χ2v) is 6.51. The van der Waals surface area contributed by atoms with Gasteiger partial charge in [0, 0.05) is 25.9 Å². The number of hydrogen-bond donors (Lipinski definition) is 0. The van der Waals surface area contributed by atoms with E-state index in [1.807, 2.05) is 17.1 Å². The molecule has 2 aromatic rings. The van der Waals surface area contributed by atoms with Crippen molar-refractivity contribution in [3.05, 3.63) is 28.6 Å². The van der Waals surface area contributed by atoms with Crippen LogP contribution < -0.4 is 0 Å². The zero-order valence-corrected chi connectivity index (χ0v) is 13.1. The first kappa shape index (κ1) is 13.4. The zero-order valence-electron chi connectivity index (χ0n) is 11.5. The lowest BCUT2D eigenvalue weighted by molar-refractivity contribution is 0.0872. The normalized spacial score (nSPS) is 23.6. The van der Waals surface area contributed by atoms with Crippen LogP contribution in [0.5, 0.6) is 0 Å². The average Bonchev–Trinajstić information content (AvgIpc) is 3.14. The van der Waals surface area contributed by atoms with Gasteiger partial charge in [0.05, 0.1) is 35.8 Å². The maximum absolute atomic E-state index is 5.35. The predicted molar refractivity (Wildman–Crippen MR) is 76.7 cm³/mol. The Morgan fingerprint density at radius 1 is 1.38 bits per heavy atom. The molecule has 112 valence electrons. The summed E-state index contributed by atoms with van der Waals surface area (Å²) in [6, 6.07) is 0.436. The third-order valence-corrected chi connectivity index (χ3v) is 4.42. The number of rotatable bonds is 4. The van der Waals surface area contributed by atoms with Crippen LogP contribution in [0.1, 0.15) is 30.1 Å². The fourth-order valence-corrected chi connectivity index (χ4v) is 3.08. The Morgan fingerprint density at radius 3 is 3.00 bits per heavy atom. The van der Waals surface area contributed by atoms with Crippen molar-refractivity contribution in [1.82, 2.24) is 24.8 Å². The molecule has 0 aliphatic carbocycles. The molecule has 2 saturated heterocycles. The Labute approximate surface area is 130 Å². The Balaban J connectivity index is 1.31. The number of hydrogen-bond acceptors (Lipinski definition) is 6. The van der Waals surface area contributed by atoms with Gasteiger partial charge in [-0.25, -0.2) is 0 Å². The largest absolute Gasteiger partial charge is 0.381 e. The first-order valence-electron chi connectivity index (χ1n) is 7.10. The van der Waals surface area contributed by atoms with Gasteiger partial charge in [-0.05, 0) is 22.4 Å². The summed E-state index contributed by atoms with van der Waals surface area (Å²) in [7, 11) is 0. The second-order valence-electron chi connectivity index (χ2n) is 5.60. The van der Waals surface area contributed by atoms with Gasteiger partial charge >= 0.3 is 0 Å². The van der Waals surface area contributed by atoms with Crippen LogP contribution in [0.2, 0.25) is 0 Å². The summed E-state index contributed by atoms with van der Waals surface area (Å²) in [5, 5.41) is 8.39. The predicted octanol–water partition coefficient (Wildman–Crippen LogP) is 1.59. The molecule has 1 atom stereocenters. The first-order chi connectivity index (χ1) is 10.3. The van der Waals surface area contributed by atoms with Crippen LogP contribution in [0.15, 0.2) is 21.4 Å². The van der Waals surface area contributed by atoms with E-state index >= 15 is 0 Å². The number of likely N-dealkylation sites (tertiary alicyclic amines) is 1. The highest BCUT2D eigenvalue weighted by Crippen LogP contribution is 2.26. The van der Waals surface area contributed by atoms with Gasteiger partial charge in [-0.15, -0.1) is 0 Å². The van der Waals surface area contributed by atoms with Crippen LogP contribution in [0.4, 0.5) is 0 Å². The molecule has 0 radical (unpaired) electrons. The molecule has 8 heteroatoms. The van der Waals surface area contributed by atoms with Gasteiger partial charge in [0.25, 0.3) is 0 Å². The topological polar surface area (TPSA) is 69.2 Å². The summed E-state index contributed by atoms with van der Waals surface area (Å²) in [5.41, 5.74) is 0. The highest BCUT2D eigenvalue weighted by Gasteiger charge is 2.30. The molecule has 21 heavy (non-hydrogen) atoms. The van der Waals surface area contributed by atoms with E-state index in [4.69, 9.17) is 9.26 Å². The van der Waals surface area contributed by atoms with Crippen molar-refractivity contribution in [2.75, 3.05) is 26.3 Å². The number of ether oxygens (including phenoxy) is 1. The second kappa shape index (κ2) is 5.51. The summed E-state index contributed by atoms with van der Waals surface area (Å²) in [6.45, 7) is 4.14. The summed E-state index contributed by atoms with van der Waals surface area (Å²) in [6.07, 6.45) is 4.80. The molecule has 4 heterocycles. The fraction of sp³-hybridized carbons (Fsp3) is 0.615. The standard InChI is InChI=1S/C13H16BrN5O2/c14-10-3-15-19(4-10)11-5-18(6-11)7-12-16-13(21-17-12)9-1-2-20-8-9/h3-4,9,11H,1-2,5-8H2. The lowest BCUT2D eigenvalue weighted by Gasteiger charge is -2.38. The minimum atomic E-state index is 0.275. The number of aromatic nitrogens is 4. The quantitative estimate of drug-likeness (QED) is 0.831. The summed E-state index contributed by atoms with van der Waals surface area (Å²) >= 11 is 3.42. The van der Waals surface area contributed by atoms with Crippen LogP contribution in [0.25, 0.3) is 0 Å². The van der Waals surface area contributed by atoms with E-state index in [1.165, 1.54) is 0 Å². The van der Waals surface area contributed by atoms with Crippen LogP contribution in [0, 0.1) is 0 Å². The molecule has 0 spiro atoms. The van der Waals surface area contributed by atoms with E-state index in [9.17, 15) is 0 Å². The summed E-state index contributed by atoms with van der Waals surface area (Å²) in [4.78, 5) is 6.78. The van der Waals surface area contributed by atoms with Gasteiger partial charge in [0.15, 0.2) is 5.82 Å². The van der Waals surface area contributed by atoms with Crippen LogP contribution in [-0.4, -0.2) is 51.1 Å². The zero-order chi connectivity index (χ0) is 14.2. The molecule has 7 nitrogen and oxygen atoms in total. The van der Waals surface area contributed by atoms with E-state index in [2.05, 4.69) is 36.1 Å². The molecule has 0 saturated carbocycles. The smallest absolute Gasteiger partial charge is 0.232 e. The molecular formula is C13H16BrN5O2. The first-order valence-corrected chi connectivity index (χ1v) is 7.89. The van der Waals surface area contributed by atoms with Crippen LogP contribution in [-0.2, 0) is 11.3 Å². The van der Waals surface area contributed by atoms with Crippen molar-refractivity contribution in [3.63, 3.8) is 0 Å². The molecule has 0 bridgehead atoms. The minimum absolute atomic E-state index is 0.275. The maximum atomic E-state index is 5.35. The van der Waals surface area contributed by atoms with E-state index in [-0.39, 0.29) is 5.92 Å². The lowest BCUT2D eigenvalue weighted by Crippen LogP contribution is -2.47. The van der Waals surface area contributed by atoms with Crippen molar-refractivity contribution in [3.8, 4) is 0 Å². The highest BCUT2D eigenvalue weighted by molar-refractivity contribution is 9.10. The van der Waals surface area contributed by atoms with Crippen molar-refractivity contribution in [2.45, 2.75) is 24.9 Å². The summed E-state index contributed by atoms with van der Waals surface area (Å²) < 4.78 is 13.7. The summed E-state index contributed by atoms with van der Waals surface area (Å²) in [5.74, 6) is 1.75. The van der Waals surface area contributed by atoms with Gasteiger partial charge in [0.1, 0.15) is 0 Å². The Bertz CT molecular complexity index is 616. The van der Waals surface area contributed by atoms with E-state index in [0.717, 1.165) is 48.8 Å². The minimum Gasteiger partial charge on any atom is -0.381 e. The fourth-order valence-electron chi connectivity index (χ4n) is 2.78. The Morgan fingerprint density at radius 2 is 2.29 bits per heavy atom. The molecule has 2 aliphatic heterocycles. The monoisotopic (exact) mass is 353 g/mol. The van der Waals surface area contributed by atoms with Crippen molar-refractivity contribution < 1.29 is 9.26 Å². The van der Waals surface area contributed by atoms with Crippen molar-refractivity contribution in [2.24, 2.45) is 0 Å². The van der Waals surface area contributed by atoms with Gasteiger partial charge in [-0.2, -0.15) is 10.1 Å². The Kier molecular flexibility index (Phi) is 3.52. The number of halogens is 1. The lowest BCUT2D eigenvalue weighted by atomic mass is 10.1. The van der Waals surface area contributed by atoms with E-state index in [0.29, 0.717) is 12.6 Å². The van der Waals surface area contributed by atoms with Crippen LogP contribution in [0.3, 0.4) is 0 Å². The molecule has 0 aromatic carbocycles. The molecular weight excluding hydrogens is 338 g/mol. The molecule has 0 amide bonds. The van der Waals surface area contributed by atoms with Gasteiger partial charge < -0.3 is 9.26 Å². The van der Waals surface area contributed by atoms with Gasteiger partial charge in [-0.3, -0.25) is 9.58 Å². The molecule has 2 fully saturated rings. The van der Waals surface area contributed by atoms with E-state index < -0.39 is 0 Å². The SMILES string of the molecule is Brc1cnn(C2CN(Cc3noc(C4CCOC4)n3)C2)c1. The third-order valence-electron chi connectivity index (χ3n) is 4.01. The van der Waals surface area contributed by atoms with Crippen molar-refractivity contribution >= 4 is 15.9 Å².